The third-order valence-corrected chi connectivity index (χ3v) is 3.19. The van der Waals surface area contributed by atoms with Crippen LogP contribution in [-0.4, -0.2) is 17.2 Å². The minimum atomic E-state index is -1.68. The molecule has 0 bridgehead atoms. The molecule has 14 heavy (non-hydrogen) atoms. The van der Waals surface area contributed by atoms with Crippen molar-refractivity contribution in [3.8, 4) is 0 Å². The Hall–Kier alpha value is -0.615. The average Bonchev–Trinajstić information content (AvgIpc) is 2.42. The molecule has 6 heteroatoms. The van der Waals surface area contributed by atoms with Gasteiger partial charge in [-0.2, -0.15) is 0 Å². The van der Waals surface area contributed by atoms with E-state index in [1.807, 2.05) is 0 Å². The largest absolute Gasteiger partial charge is 0.490 e. The molecule has 0 saturated heterocycles. The van der Waals surface area contributed by atoms with Gasteiger partial charge in [0.25, 0.3) is 0 Å². The predicted octanol–water partition coefficient (Wildman–Crippen LogP) is 1.37. The Labute approximate surface area is 88.7 Å². The monoisotopic (exact) mass is 230 g/mol. The van der Waals surface area contributed by atoms with Crippen molar-refractivity contribution in [2.45, 2.75) is 0 Å². The average molecular weight is 230 g/mol. The topological polar surface area (TPSA) is 40.5 Å². The van der Waals surface area contributed by atoms with Gasteiger partial charge in [0.2, 0.25) is 0 Å². The Morgan fingerprint density at radius 3 is 2.64 bits per heavy atom. The summed E-state index contributed by atoms with van der Waals surface area (Å²) in [6, 6.07) is 4.00. The molecule has 1 heterocycles. The molecule has 1 aromatic carbocycles. The normalized spacial score (nSPS) is 10.9. The summed E-state index contributed by atoms with van der Waals surface area (Å²) < 4.78 is 14.1. The second-order valence-electron chi connectivity index (χ2n) is 2.84. The van der Waals surface area contributed by atoms with Crippen LogP contribution in [0.2, 0.25) is 4.34 Å². The van der Waals surface area contributed by atoms with Crippen LogP contribution >= 0.6 is 22.9 Å². The number of benzene rings is 1. The fourth-order valence-electron chi connectivity index (χ4n) is 1.30. The zero-order valence-electron chi connectivity index (χ0n) is 6.87. The van der Waals surface area contributed by atoms with Gasteiger partial charge in [-0.1, -0.05) is 11.6 Å². The maximum Gasteiger partial charge on any atom is 0.490 e. The first-order valence-electron chi connectivity index (χ1n) is 3.82. The Kier molecular flexibility index (Phi) is 2.49. The summed E-state index contributed by atoms with van der Waals surface area (Å²) in [6.45, 7) is 0. The third kappa shape index (κ3) is 1.64. The molecule has 2 N–H and O–H groups in total. The van der Waals surface area contributed by atoms with Gasteiger partial charge in [-0.05, 0) is 23.6 Å². The lowest BCUT2D eigenvalue weighted by Crippen LogP contribution is -2.30. The van der Waals surface area contributed by atoms with E-state index in [0.717, 1.165) is 6.07 Å². The standard InChI is InChI=1S/C8H5BClFO2S/c10-7-2-4-1-5(11)3-6(9(12)13)8(4)14-7/h1-3,12-13H. The van der Waals surface area contributed by atoms with Gasteiger partial charge in [-0.15, -0.1) is 11.3 Å². The van der Waals surface area contributed by atoms with E-state index >= 15 is 0 Å². The summed E-state index contributed by atoms with van der Waals surface area (Å²) in [7, 11) is -1.68. The van der Waals surface area contributed by atoms with Gasteiger partial charge in [-0.3, -0.25) is 0 Å². The van der Waals surface area contributed by atoms with E-state index < -0.39 is 12.9 Å². The van der Waals surface area contributed by atoms with Crippen molar-refractivity contribution in [3.05, 3.63) is 28.4 Å². The first-order valence-corrected chi connectivity index (χ1v) is 5.02. The van der Waals surface area contributed by atoms with Crippen molar-refractivity contribution in [2.24, 2.45) is 0 Å². The fraction of sp³-hybridized carbons (Fsp3) is 0. The van der Waals surface area contributed by atoms with E-state index in [1.54, 1.807) is 6.07 Å². The molecule has 0 aliphatic heterocycles. The summed E-state index contributed by atoms with van der Waals surface area (Å²) in [5.41, 5.74) is 0.150. The fourth-order valence-corrected chi connectivity index (χ4v) is 2.55. The number of rotatable bonds is 1. The SMILES string of the molecule is OB(O)c1cc(F)cc2cc(Cl)sc12. The molecule has 0 spiro atoms. The van der Waals surface area contributed by atoms with E-state index in [1.165, 1.54) is 17.4 Å². The molecule has 0 amide bonds. The maximum atomic E-state index is 13.0. The second kappa shape index (κ2) is 3.51. The van der Waals surface area contributed by atoms with E-state index in [2.05, 4.69) is 0 Å². The van der Waals surface area contributed by atoms with Gasteiger partial charge in [-0.25, -0.2) is 4.39 Å². The van der Waals surface area contributed by atoms with Crippen LogP contribution in [0.25, 0.3) is 10.1 Å². The number of hydrogen-bond donors (Lipinski definition) is 2. The highest BCUT2D eigenvalue weighted by Crippen LogP contribution is 2.28. The molecule has 1 aromatic heterocycles. The molecular formula is C8H5BClFO2S. The van der Waals surface area contributed by atoms with Crippen LogP contribution < -0.4 is 5.46 Å². The Bertz CT molecular complexity index is 485. The summed E-state index contributed by atoms with van der Waals surface area (Å²) in [5.74, 6) is -0.505. The van der Waals surface area contributed by atoms with Crippen LogP contribution in [0.1, 0.15) is 0 Å². The van der Waals surface area contributed by atoms with Crippen LogP contribution in [0.5, 0.6) is 0 Å². The molecule has 0 saturated carbocycles. The first kappa shape index (κ1) is 9.92. The lowest BCUT2D eigenvalue weighted by atomic mass is 9.80. The van der Waals surface area contributed by atoms with Crippen LogP contribution in [0.4, 0.5) is 4.39 Å². The molecule has 72 valence electrons. The molecule has 0 atom stereocenters. The predicted molar refractivity (Wildman–Crippen MR) is 56.6 cm³/mol. The molecule has 0 aliphatic carbocycles. The quantitative estimate of drug-likeness (QED) is 0.727. The molecule has 0 radical (unpaired) electrons. The zero-order chi connectivity index (χ0) is 10.3. The van der Waals surface area contributed by atoms with Gasteiger partial charge < -0.3 is 10.0 Å². The minimum Gasteiger partial charge on any atom is -0.423 e. The highest BCUT2D eigenvalue weighted by atomic mass is 35.5. The Balaban J connectivity index is 2.79. The van der Waals surface area contributed by atoms with E-state index in [4.69, 9.17) is 21.6 Å². The molecule has 2 aromatic rings. The van der Waals surface area contributed by atoms with Crippen molar-refractivity contribution in [2.75, 3.05) is 0 Å². The summed E-state index contributed by atoms with van der Waals surface area (Å²) >= 11 is 6.94. The lowest BCUT2D eigenvalue weighted by molar-refractivity contribution is 0.426. The van der Waals surface area contributed by atoms with Crippen molar-refractivity contribution in [3.63, 3.8) is 0 Å². The van der Waals surface area contributed by atoms with Gasteiger partial charge in [0.1, 0.15) is 5.82 Å². The smallest absolute Gasteiger partial charge is 0.423 e. The molecule has 0 fully saturated rings. The number of hydrogen-bond acceptors (Lipinski definition) is 3. The number of thiophene rings is 1. The summed E-state index contributed by atoms with van der Waals surface area (Å²) in [5, 5.41) is 18.6. The first-order chi connectivity index (χ1) is 6.58. The van der Waals surface area contributed by atoms with E-state index in [-0.39, 0.29) is 5.46 Å². The molecular weight excluding hydrogens is 225 g/mol. The van der Waals surface area contributed by atoms with Gasteiger partial charge in [0.15, 0.2) is 0 Å². The van der Waals surface area contributed by atoms with Crippen LogP contribution in [0, 0.1) is 5.82 Å². The van der Waals surface area contributed by atoms with Crippen molar-refractivity contribution < 1.29 is 14.4 Å². The molecule has 0 aliphatic rings. The molecule has 2 rings (SSSR count). The molecule has 0 unspecified atom stereocenters. The van der Waals surface area contributed by atoms with Crippen LogP contribution in [-0.2, 0) is 0 Å². The number of fused-ring (bicyclic) bond motifs is 1. The summed E-state index contributed by atoms with van der Waals surface area (Å²) in [4.78, 5) is 0. The highest BCUT2D eigenvalue weighted by Gasteiger charge is 2.17. The van der Waals surface area contributed by atoms with Gasteiger partial charge >= 0.3 is 7.12 Å². The van der Waals surface area contributed by atoms with E-state index in [0.29, 0.717) is 14.4 Å². The van der Waals surface area contributed by atoms with Crippen LogP contribution in [0.3, 0.4) is 0 Å². The van der Waals surface area contributed by atoms with Crippen molar-refractivity contribution in [1.82, 2.24) is 0 Å². The molecule has 2 nitrogen and oxygen atoms in total. The van der Waals surface area contributed by atoms with Crippen molar-refractivity contribution in [1.29, 1.82) is 0 Å². The highest BCUT2D eigenvalue weighted by molar-refractivity contribution is 7.23. The number of halogens is 2. The Morgan fingerprint density at radius 1 is 1.29 bits per heavy atom. The van der Waals surface area contributed by atoms with Gasteiger partial charge in [0, 0.05) is 10.2 Å². The zero-order valence-corrected chi connectivity index (χ0v) is 8.44. The lowest BCUT2D eigenvalue weighted by Gasteiger charge is -2.00. The minimum absolute atomic E-state index is 0.150. The van der Waals surface area contributed by atoms with Crippen LogP contribution in [0.15, 0.2) is 18.2 Å². The Morgan fingerprint density at radius 2 is 2.00 bits per heavy atom. The second-order valence-corrected chi connectivity index (χ2v) is 4.52. The maximum absolute atomic E-state index is 13.0. The van der Waals surface area contributed by atoms with Crippen molar-refractivity contribution >= 4 is 45.6 Å². The summed E-state index contributed by atoms with van der Waals surface area (Å²) in [6.07, 6.45) is 0. The van der Waals surface area contributed by atoms with E-state index in [9.17, 15) is 4.39 Å². The third-order valence-electron chi connectivity index (χ3n) is 1.86. The van der Waals surface area contributed by atoms with Gasteiger partial charge in [0.05, 0.1) is 4.34 Å².